The molecule has 2 atom stereocenters. The van der Waals surface area contributed by atoms with Crippen molar-refractivity contribution >= 4 is 11.9 Å². The summed E-state index contributed by atoms with van der Waals surface area (Å²) >= 11 is 0. The van der Waals surface area contributed by atoms with Gasteiger partial charge in [-0.1, -0.05) is 5.16 Å². The van der Waals surface area contributed by atoms with E-state index in [1.165, 1.54) is 32.4 Å². The highest BCUT2D eigenvalue weighted by Crippen LogP contribution is 2.26. The fourth-order valence-electron chi connectivity index (χ4n) is 5.61. The largest absolute Gasteiger partial charge is 0.497 e. The van der Waals surface area contributed by atoms with E-state index >= 15 is 0 Å². The van der Waals surface area contributed by atoms with Crippen molar-refractivity contribution in [3.8, 4) is 17.1 Å². The van der Waals surface area contributed by atoms with Crippen molar-refractivity contribution in [2.75, 3.05) is 64.4 Å². The van der Waals surface area contributed by atoms with Gasteiger partial charge in [0.15, 0.2) is 0 Å². The maximum Gasteiger partial charge on any atom is 0.324 e. The van der Waals surface area contributed by atoms with Gasteiger partial charge in [-0.05, 0) is 87.8 Å². The molecule has 0 aliphatic carbocycles. The van der Waals surface area contributed by atoms with Gasteiger partial charge < -0.3 is 29.7 Å². The summed E-state index contributed by atoms with van der Waals surface area (Å²) in [6, 6.07) is 8.12. The topological polar surface area (TPSA) is 95.8 Å². The second-order valence-electron chi connectivity index (χ2n) is 10.3. The fourth-order valence-corrected chi connectivity index (χ4v) is 5.61. The smallest absolute Gasteiger partial charge is 0.324 e. The third-order valence-electron chi connectivity index (χ3n) is 7.75. The highest BCUT2D eigenvalue weighted by molar-refractivity contribution is 5.79. The number of ether oxygens (including phenoxy) is 1. The maximum absolute atomic E-state index is 12.8. The van der Waals surface area contributed by atoms with E-state index in [1.807, 2.05) is 24.3 Å². The highest BCUT2D eigenvalue weighted by Gasteiger charge is 2.29. The Labute approximate surface area is 207 Å². The molecule has 2 aromatic rings. The van der Waals surface area contributed by atoms with Crippen molar-refractivity contribution in [3.05, 3.63) is 24.3 Å². The second kappa shape index (κ2) is 11.4. The van der Waals surface area contributed by atoms with Crippen LogP contribution in [-0.4, -0.2) is 80.4 Å². The van der Waals surface area contributed by atoms with Crippen molar-refractivity contribution < 1.29 is 14.1 Å². The van der Waals surface area contributed by atoms with E-state index in [9.17, 15) is 4.79 Å². The number of rotatable bonds is 8. The molecule has 3 fully saturated rings. The number of likely N-dealkylation sites (tertiary alicyclic amines) is 1. The number of hydrogen-bond acceptors (Lipinski definition) is 8. The first kappa shape index (κ1) is 24.1. The van der Waals surface area contributed by atoms with Crippen molar-refractivity contribution in [2.45, 2.75) is 32.1 Å². The number of amides is 1. The number of anilines is 1. The van der Waals surface area contributed by atoms with E-state index < -0.39 is 0 Å². The third-order valence-corrected chi connectivity index (χ3v) is 7.75. The Hall–Kier alpha value is -2.65. The molecule has 35 heavy (non-hydrogen) atoms. The van der Waals surface area contributed by atoms with Crippen LogP contribution in [0.15, 0.2) is 28.8 Å². The van der Waals surface area contributed by atoms with E-state index in [0.717, 1.165) is 69.3 Å². The van der Waals surface area contributed by atoms with Crippen LogP contribution in [-0.2, 0) is 4.79 Å². The van der Waals surface area contributed by atoms with Crippen LogP contribution in [0.1, 0.15) is 32.1 Å². The van der Waals surface area contributed by atoms with Crippen LogP contribution < -0.4 is 20.3 Å². The minimum absolute atomic E-state index is 0.0565. The van der Waals surface area contributed by atoms with Crippen LogP contribution in [0.3, 0.4) is 0 Å². The summed E-state index contributed by atoms with van der Waals surface area (Å²) in [4.78, 5) is 22.1. The molecule has 9 heteroatoms. The molecule has 2 N–H and O–H groups in total. The van der Waals surface area contributed by atoms with Gasteiger partial charge >= 0.3 is 6.01 Å². The molecule has 3 aliphatic heterocycles. The summed E-state index contributed by atoms with van der Waals surface area (Å²) in [6.45, 7) is 8.09. The van der Waals surface area contributed by atoms with Gasteiger partial charge in [0.2, 0.25) is 11.7 Å². The molecule has 1 aromatic heterocycles. The number of hydrogen-bond donors (Lipinski definition) is 2. The number of benzene rings is 1. The van der Waals surface area contributed by atoms with Gasteiger partial charge in [-0.15, -0.1) is 0 Å². The zero-order chi connectivity index (χ0) is 24.0. The van der Waals surface area contributed by atoms with Crippen LogP contribution in [0.25, 0.3) is 11.4 Å². The number of methoxy groups -OCH3 is 1. The molecule has 1 amide bonds. The Morgan fingerprint density at radius 3 is 2.71 bits per heavy atom. The number of carbonyl (C=O) groups is 1. The summed E-state index contributed by atoms with van der Waals surface area (Å²) in [5, 5.41) is 10.9. The highest BCUT2D eigenvalue weighted by atomic mass is 16.5. The van der Waals surface area contributed by atoms with Crippen molar-refractivity contribution in [1.29, 1.82) is 0 Å². The molecule has 1 aromatic carbocycles. The van der Waals surface area contributed by atoms with Gasteiger partial charge in [0.05, 0.1) is 7.11 Å². The molecule has 9 nitrogen and oxygen atoms in total. The van der Waals surface area contributed by atoms with Gasteiger partial charge in [0, 0.05) is 44.2 Å². The second-order valence-corrected chi connectivity index (χ2v) is 10.3. The minimum atomic E-state index is 0.0565. The van der Waals surface area contributed by atoms with Crippen LogP contribution in [0.4, 0.5) is 6.01 Å². The predicted octanol–water partition coefficient (Wildman–Crippen LogP) is 2.40. The average molecular weight is 483 g/mol. The normalized spacial score (nSPS) is 24.0. The van der Waals surface area contributed by atoms with E-state index in [4.69, 9.17) is 9.26 Å². The quantitative estimate of drug-likeness (QED) is 0.592. The lowest BCUT2D eigenvalue weighted by molar-refractivity contribution is -0.125. The molecule has 0 radical (unpaired) electrons. The van der Waals surface area contributed by atoms with Gasteiger partial charge in [-0.3, -0.25) is 4.79 Å². The lowest BCUT2D eigenvalue weighted by Gasteiger charge is -2.30. The first-order valence-electron chi connectivity index (χ1n) is 13.1. The Balaban J connectivity index is 1.03. The molecular weight excluding hydrogens is 444 g/mol. The summed E-state index contributed by atoms with van der Waals surface area (Å²) in [7, 11) is 1.64. The molecular formula is C26H38N6O3. The van der Waals surface area contributed by atoms with Gasteiger partial charge in [0.1, 0.15) is 5.75 Å². The minimum Gasteiger partial charge on any atom is -0.497 e. The first-order chi connectivity index (χ1) is 17.2. The zero-order valence-electron chi connectivity index (χ0n) is 20.7. The summed E-state index contributed by atoms with van der Waals surface area (Å²) in [5.74, 6) is 2.97. The zero-order valence-corrected chi connectivity index (χ0v) is 20.7. The summed E-state index contributed by atoms with van der Waals surface area (Å²) < 4.78 is 10.7. The molecule has 4 heterocycles. The van der Waals surface area contributed by atoms with Crippen LogP contribution >= 0.6 is 0 Å². The Kier molecular flexibility index (Phi) is 7.83. The van der Waals surface area contributed by atoms with Crippen LogP contribution in [0, 0.1) is 17.8 Å². The fraction of sp³-hybridized carbons (Fsp3) is 0.654. The van der Waals surface area contributed by atoms with E-state index in [-0.39, 0.29) is 11.8 Å². The number of aromatic nitrogens is 2. The lowest BCUT2D eigenvalue weighted by Crippen LogP contribution is -2.42. The monoisotopic (exact) mass is 482 g/mol. The Morgan fingerprint density at radius 2 is 1.97 bits per heavy atom. The summed E-state index contributed by atoms with van der Waals surface area (Å²) in [5.41, 5.74) is 0.885. The van der Waals surface area contributed by atoms with E-state index in [0.29, 0.717) is 17.8 Å². The van der Waals surface area contributed by atoms with Gasteiger partial charge in [-0.2, -0.15) is 4.98 Å². The molecule has 0 bridgehead atoms. The molecule has 0 unspecified atom stereocenters. The molecule has 0 saturated carbocycles. The van der Waals surface area contributed by atoms with E-state index in [1.54, 1.807) is 7.11 Å². The third kappa shape index (κ3) is 6.13. The van der Waals surface area contributed by atoms with E-state index in [2.05, 4.69) is 30.6 Å². The van der Waals surface area contributed by atoms with Gasteiger partial charge in [0.25, 0.3) is 0 Å². The Morgan fingerprint density at radius 1 is 1.14 bits per heavy atom. The van der Waals surface area contributed by atoms with Crippen molar-refractivity contribution in [3.63, 3.8) is 0 Å². The van der Waals surface area contributed by atoms with Crippen molar-refractivity contribution in [2.24, 2.45) is 17.8 Å². The van der Waals surface area contributed by atoms with Crippen LogP contribution in [0.2, 0.25) is 0 Å². The Bertz CT molecular complexity index is 950. The maximum atomic E-state index is 12.8. The average Bonchev–Trinajstić information content (AvgIpc) is 3.58. The molecule has 190 valence electrons. The molecule has 0 spiro atoms. The first-order valence-corrected chi connectivity index (χ1v) is 13.1. The number of carbonyl (C=O) groups excluding carboxylic acids is 1. The van der Waals surface area contributed by atoms with Crippen LogP contribution in [0.5, 0.6) is 5.75 Å². The molecule has 3 aliphatic rings. The SMILES string of the molecule is COc1ccc(-c2noc(N3CCC(C(=O)NC[C@@H]4CCN(C[C@H]5CCCNC5)C4)CC3)n2)cc1. The summed E-state index contributed by atoms with van der Waals surface area (Å²) in [6.07, 6.45) is 5.44. The standard InChI is InChI=1S/C26H38N6O3/c1-34-23-6-4-21(5-7-23)24-29-26(35-30-24)32-13-9-22(10-14-32)25(33)28-16-20-8-12-31(18-20)17-19-3-2-11-27-15-19/h4-7,19-20,22,27H,2-3,8-18H2,1H3,(H,28,33)/t19-,20-/m0/s1. The number of nitrogens with zero attached hydrogens (tertiary/aromatic N) is 4. The molecule has 3 saturated heterocycles. The lowest BCUT2D eigenvalue weighted by atomic mass is 9.96. The predicted molar refractivity (Wildman–Crippen MR) is 134 cm³/mol. The number of piperidine rings is 2. The van der Waals surface area contributed by atoms with Crippen molar-refractivity contribution in [1.82, 2.24) is 25.7 Å². The van der Waals surface area contributed by atoms with Gasteiger partial charge in [-0.25, -0.2) is 0 Å². The number of nitrogens with one attached hydrogen (secondary N) is 2. The molecule has 5 rings (SSSR count).